The summed E-state index contributed by atoms with van der Waals surface area (Å²) in [5, 5.41) is 31.3. The first-order chi connectivity index (χ1) is 45.8. The van der Waals surface area contributed by atoms with E-state index in [1.807, 2.05) is 0 Å². The van der Waals surface area contributed by atoms with Crippen molar-refractivity contribution in [2.75, 3.05) is 65.9 Å². The van der Waals surface area contributed by atoms with Gasteiger partial charge in [-0.25, -0.2) is 0 Å². The molecule has 23 nitrogen and oxygen atoms in total. The van der Waals surface area contributed by atoms with Gasteiger partial charge < -0.3 is 73.6 Å². The third-order valence-corrected chi connectivity index (χ3v) is 18.0. The molecule has 0 aliphatic heterocycles. The van der Waals surface area contributed by atoms with Crippen LogP contribution in [0.2, 0.25) is 0 Å². The Morgan fingerprint density at radius 2 is 0.800 bits per heavy atom. The number of ketones is 1. The van der Waals surface area contributed by atoms with Gasteiger partial charge in [0, 0.05) is 52.0 Å². The number of unbranched alkanes of at least 4 members (excludes halogenated alkanes) is 25. The van der Waals surface area contributed by atoms with E-state index in [1.54, 1.807) is 0 Å². The summed E-state index contributed by atoms with van der Waals surface area (Å²) in [6.07, 6.45) is 36.3. The largest absolute Gasteiger partial charge is 0.756 e. The van der Waals surface area contributed by atoms with Gasteiger partial charge >= 0.3 is 5.97 Å². The molecule has 0 aliphatic carbocycles. The van der Waals surface area contributed by atoms with Crippen molar-refractivity contribution in [3.05, 3.63) is 12.2 Å². The van der Waals surface area contributed by atoms with E-state index in [0.29, 0.717) is 44.9 Å². The Labute approximate surface area is 572 Å². The molecule has 0 rings (SSSR count). The van der Waals surface area contributed by atoms with Crippen molar-refractivity contribution in [3.63, 3.8) is 0 Å². The fourth-order valence-corrected chi connectivity index (χ4v) is 11.8. The number of hydrogen-bond donors (Lipinski definition) is 6. The molecule has 0 bridgehead atoms. The van der Waals surface area contributed by atoms with E-state index in [4.69, 9.17) is 32.3 Å². The zero-order chi connectivity index (χ0) is 70.3. The highest BCUT2D eigenvalue weighted by molar-refractivity contribution is 7.46. The number of esters is 1. The zero-order valence-corrected chi connectivity index (χ0v) is 61.3. The van der Waals surface area contributed by atoms with Gasteiger partial charge in [-0.05, 0) is 70.6 Å². The maximum atomic E-state index is 13.6. The van der Waals surface area contributed by atoms with Crippen LogP contribution in [-0.2, 0) is 70.2 Å². The predicted molar refractivity (Wildman–Crippen MR) is 369 cm³/mol. The number of aliphatic hydroxyl groups excluding tert-OH is 2. The molecule has 4 amide bonds. The molecule has 0 fully saturated rings. The molecule has 0 saturated carbocycles. The standard InChI is InChI=1S/C70H134N4O19P2/c1-6-11-16-21-23-25-27-32-36-41-64(77)54-68(80)73-60(56-87-50-46-62(75)39-34-29-18-13-8-3)58-91-94(83,84)89-52-48-71-66(78)44-45-67(79)72-49-53-90-95(85,86)92-59-61(57-88-51-47-63(76)40-35-30-19-14-9-4)74-69(81)55-65(42-37-31-20-15-10-5)93-70(82)43-38-33-28-26-24-22-17-12-7-2/h26,28,60-63,65,75-76H,6-25,27,29-59H2,1-5H3,(H,71,78)(H,72,79)(H,73,80)(H,74,81)(H,83,84)(H,85,86)/p-2/b28-26-/t60?,61?,62?,63?,65-/m1/s1. The van der Waals surface area contributed by atoms with Crippen molar-refractivity contribution in [1.29, 1.82) is 0 Å². The normalized spacial score (nSPS) is 14.5. The SMILES string of the molecule is CCCCCC/C=C\CCCC(=O)O[C@H](CCCCCCC)CC(=O)NC(COCCC(O)CCCCCCC)COP(=O)([O-])OCCNC(=O)CCC(=O)NCCOP(=O)([O-])OCC(COCCC(O)CCCCCCC)NC(=O)CC(=O)CCCCCCCCCCC. The van der Waals surface area contributed by atoms with Crippen molar-refractivity contribution < 1.29 is 90.2 Å². The van der Waals surface area contributed by atoms with E-state index in [2.05, 4.69) is 68.0 Å². The Morgan fingerprint density at radius 1 is 0.411 bits per heavy atom. The van der Waals surface area contributed by atoms with E-state index in [-0.39, 0.29) is 89.8 Å². The van der Waals surface area contributed by atoms with Gasteiger partial charge in [0.05, 0.1) is 76.8 Å². The average molecular weight is 1400 g/mol. The highest BCUT2D eigenvalue weighted by atomic mass is 31.2. The quantitative estimate of drug-likeness (QED) is 0.0108. The van der Waals surface area contributed by atoms with Crippen LogP contribution in [0.15, 0.2) is 12.2 Å². The molecule has 0 aromatic heterocycles. The number of aliphatic hydroxyl groups is 2. The number of phosphoric ester groups is 2. The summed E-state index contributed by atoms with van der Waals surface area (Å²) < 4.78 is 63.2. The molecule has 95 heavy (non-hydrogen) atoms. The summed E-state index contributed by atoms with van der Waals surface area (Å²) in [4.78, 5) is 103. The summed E-state index contributed by atoms with van der Waals surface area (Å²) in [5.74, 6) is -2.96. The van der Waals surface area contributed by atoms with Crippen LogP contribution in [0, 0.1) is 0 Å². The number of hydrogen-bond acceptors (Lipinski definition) is 19. The number of allylic oxidation sites excluding steroid dienone is 2. The summed E-state index contributed by atoms with van der Waals surface area (Å²) in [5.41, 5.74) is 0. The van der Waals surface area contributed by atoms with Crippen molar-refractivity contribution in [2.24, 2.45) is 0 Å². The first kappa shape index (κ1) is 91.8. The first-order valence-corrected chi connectivity index (χ1v) is 39.9. The van der Waals surface area contributed by atoms with Gasteiger partial charge in [0.15, 0.2) is 0 Å². The van der Waals surface area contributed by atoms with Crippen LogP contribution < -0.4 is 31.1 Å². The number of Topliss-reactive ketones (excluding diaryl/α,β-unsaturated/α-hetero) is 1. The van der Waals surface area contributed by atoms with Gasteiger partial charge in [-0.15, -0.1) is 0 Å². The Kier molecular flexibility index (Phi) is 62.1. The summed E-state index contributed by atoms with van der Waals surface area (Å²) in [7, 11) is -10.00. The second-order valence-corrected chi connectivity index (χ2v) is 28.2. The molecule has 0 saturated heterocycles. The predicted octanol–water partition coefficient (Wildman–Crippen LogP) is 12.5. The maximum absolute atomic E-state index is 13.6. The number of phosphoric acid groups is 2. The zero-order valence-electron chi connectivity index (χ0n) is 59.5. The van der Waals surface area contributed by atoms with E-state index in [1.165, 1.54) is 51.4 Å². The summed E-state index contributed by atoms with van der Waals surface area (Å²) in [6, 6.07) is -1.96. The molecule has 6 unspecified atom stereocenters. The highest BCUT2D eigenvalue weighted by Gasteiger charge is 2.24. The number of rotatable bonds is 71. The summed E-state index contributed by atoms with van der Waals surface area (Å²) >= 11 is 0. The van der Waals surface area contributed by atoms with Crippen molar-refractivity contribution >= 4 is 51.0 Å². The molecule has 6 N–H and O–H groups in total. The molecular weight excluding hydrogens is 1260 g/mol. The van der Waals surface area contributed by atoms with E-state index >= 15 is 0 Å². The lowest BCUT2D eigenvalue weighted by molar-refractivity contribution is -0.227. The van der Waals surface area contributed by atoms with E-state index in [9.17, 15) is 57.9 Å². The monoisotopic (exact) mass is 1390 g/mol. The fraction of sp³-hybridized carbons (Fsp3) is 0.886. The Bertz CT molecular complexity index is 2040. The molecular formula is C70H132N4O19P2-2. The molecule has 0 aliphatic rings. The van der Waals surface area contributed by atoms with Crippen LogP contribution in [-0.4, -0.2) is 142 Å². The lowest BCUT2D eigenvalue weighted by Gasteiger charge is -2.27. The fourth-order valence-electron chi connectivity index (χ4n) is 10.3. The molecule has 7 atom stereocenters. The van der Waals surface area contributed by atoms with Gasteiger partial charge in [-0.1, -0.05) is 207 Å². The van der Waals surface area contributed by atoms with Crippen LogP contribution in [0.1, 0.15) is 304 Å². The molecule has 25 heteroatoms. The molecule has 558 valence electrons. The first-order valence-electron chi connectivity index (χ1n) is 37.0. The van der Waals surface area contributed by atoms with Crippen LogP contribution in [0.5, 0.6) is 0 Å². The van der Waals surface area contributed by atoms with Crippen LogP contribution in [0.25, 0.3) is 0 Å². The van der Waals surface area contributed by atoms with Crippen molar-refractivity contribution in [2.45, 2.75) is 335 Å². The van der Waals surface area contributed by atoms with E-state index < -0.39 is 96.1 Å². The third kappa shape index (κ3) is 62.8. The van der Waals surface area contributed by atoms with Crippen LogP contribution >= 0.6 is 15.6 Å². The van der Waals surface area contributed by atoms with Gasteiger partial charge in [0.1, 0.15) is 11.9 Å². The number of carbonyl (C=O) groups is 6. The maximum Gasteiger partial charge on any atom is 0.306 e. The number of amides is 4. The van der Waals surface area contributed by atoms with Crippen molar-refractivity contribution in [3.8, 4) is 0 Å². The second-order valence-electron chi connectivity index (χ2n) is 25.3. The van der Waals surface area contributed by atoms with Crippen molar-refractivity contribution in [1.82, 2.24) is 21.3 Å². The number of nitrogens with one attached hydrogen (secondary N) is 4. The lowest BCUT2D eigenvalue weighted by atomic mass is 10.0. The van der Waals surface area contributed by atoms with Gasteiger partial charge in [-0.3, -0.25) is 37.9 Å². The van der Waals surface area contributed by atoms with Crippen LogP contribution in [0.3, 0.4) is 0 Å². The molecule has 0 aromatic carbocycles. The number of ether oxygens (including phenoxy) is 3. The lowest BCUT2D eigenvalue weighted by Crippen LogP contribution is -2.43. The average Bonchev–Trinajstić information content (AvgIpc) is 1.40. The number of carbonyl (C=O) groups excluding carboxylic acids is 6. The molecule has 0 heterocycles. The highest BCUT2D eigenvalue weighted by Crippen LogP contribution is 2.39. The van der Waals surface area contributed by atoms with Gasteiger partial charge in [0.2, 0.25) is 23.6 Å². The smallest absolute Gasteiger partial charge is 0.306 e. The topological polar surface area (TPSA) is 336 Å². The Balaban J connectivity index is 5.29. The minimum atomic E-state index is -5.01. The molecule has 0 spiro atoms. The second kappa shape index (κ2) is 64.2. The van der Waals surface area contributed by atoms with E-state index in [0.717, 1.165) is 135 Å². The Hall–Kier alpha value is -3.18. The van der Waals surface area contributed by atoms with Crippen LogP contribution in [0.4, 0.5) is 0 Å². The molecule has 0 aromatic rings. The Morgan fingerprint density at radius 3 is 1.25 bits per heavy atom. The summed E-state index contributed by atoms with van der Waals surface area (Å²) in [6.45, 7) is 7.93. The minimum absolute atomic E-state index is 0.136. The minimum Gasteiger partial charge on any atom is -0.756 e. The molecule has 0 radical (unpaired) electrons. The van der Waals surface area contributed by atoms with Gasteiger partial charge in [0.25, 0.3) is 15.6 Å². The van der Waals surface area contributed by atoms with Gasteiger partial charge in [-0.2, -0.15) is 0 Å². The third-order valence-electron chi connectivity index (χ3n) is 16.0.